The SMILES string of the molecule is Cc1ccc(CO)cc1NC(=O)c1ccnc(Br)c1. The van der Waals surface area contributed by atoms with Crippen LogP contribution in [0.1, 0.15) is 21.5 Å². The van der Waals surface area contributed by atoms with Crippen LogP contribution in [0, 0.1) is 6.92 Å². The van der Waals surface area contributed by atoms with E-state index in [1.807, 2.05) is 19.1 Å². The smallest absolute Gasteiger partial charge is 0.255 e. The quantitative estimate of drug-likeness (QED) is 0.855. The van der Waals surface area contributed by atoms with E-state index >= 15 is 0 Å². The molecule has 0 fully saturated rings. The third kappa shape index (κ3) is 3.39. The molecule has 0 bridgehead atoms. The topological polar surface area (TPSA) is 62.2 Å². The maximum atomic E-state index is 12.1. The van der Waals surface area contributed by atoms with Crippen LogP contribution >= 0.6 is 15.9 Å². The highest BCUT2D eigenvalue weighted by Crippen LogP contribution is 2.18. The predicted octanol–water partition coefficient (Wildman–Crippen LogP) is 2.90. The van der Waals surface area contributed by atoms with E-state index in [9.17, 15) is 4.79 Å². The van der Waals surface area contributed by atoms with Gasteiger partial charge in [0.25, 0.3) is 5.91 Å². The Morgan fingerprint density at radius 1 is 1.37 bits per heavy atom. The first-order valence-corrected chi connectivity index (χ1v) is 6.53. The average molecular weight is 321 g/mol. The molecule has 1 aromatic heterocycles. The van der Waals surface area contributed by atoms with Crippen molar-refractivity contribution < 1.29 is 9.90 Å². The van der Waals surface area contributed by atoms with Gasteiger partial charge in [0.05, 0.1) is 6.61 Å². The van der Waals surface area contributed by atoms with Crippen LogP contribution in [0.2, 0.25) is 0 Å². The Hall–Kier alpha value is -1.72. The fraction of sp³-hybridized carbons (Fsp3) is 0.143. The number of carbonyl (C=O) groups excluding carboxylic acids is 1. The van der Waals surface area contributed by atoms with Gasteiger partial charge in [-0.15, -0.1) is 0 Å². The molecule has 1 aromatic carbocycles. The van der Waals surface area contributed by atoms with E-state index in [0.29, 0.717) is 15.9 Å². The second kappa shape index (κ2) is 5.95. The first kappa shape index (κ1) is 13.7. The van der Waals surface area contributed by atoms with E-state index in [0.717, 1.165) is 11.1 Å². The van der Waals surface area contributed by atoms with Gasteiger partial charge in [0.1, 0.15) is 4.60 Å². The number of carbonyl (C=O) groups is 1. The molecule has 1 amide bonds. The summed E-state index contributed by atoms with van der Waals surface area (Å²) in [5.41, 5.74) is 2.93. The van der Waals surface area contributed by atoms with Gasteiger partial charge in [-0.05, 0) is 52.2 Å². The van der Waals surface area contributed by atoms with Crippen LogP contribution in [0.15, 0.2) is 41.1 Å². The molecule has 4 nitrogen and oxygen atoms in total. The molecule has 0 saturated carbocycles. The number of halogens is 1. The molecule has 0 aliphatic rings. The van der Waals surface area contributed by atoms with Crippen LogP contribution in [0.25, 0.3) is 0 Å². The van der Waals surface area contributed by atoms with Crippen molar-refractivity contribution in [2.75, 3.05) is 5.32 Å². The summed E-state index contributed by atoms with van der Waals surface area (Å²) < 4.78 is 0.612. The molecular formula is C14H13BrN2O2. The number of nitrogens with zero attached hydrogens (tertiary/aromatic N) is 1. The third-order valence-electron chi connectivity index (χ3n) is 2.72. The van der Waals surface area contributed by atoms with Crippen LogP contribution < -0.4 is 5.32 Å². The number of aliphatic hydroxyl groups is 1. The second-order valence-corrected chi connectivity index (χ2v) is 4.94. The van der Waals surface area contributed by atoms with E-state index in [2.05, 4.69) is 26.2 Å². The molecule has 19 heavy (non-hydrogen) atoms. The van der Waals surface area contributed by atoms with Crippen LogP contribution in [-0.4, -0.2) is 16.0 Å². The molecule has 1 heterocycles. The first-order valence-electron chi connectivity index (χ1n) is 5.73. The van der Waals surface area contributed by atoms with Gasteiger partial charge in [-0.2, -0.15) is 0 Å². The standard InChI is InChI=1S/C14H13BrN2O2/c1-9-2-3-10(8-18)6-12(9)17-14(19)11-4-5-16-13(15)7-11/h2-7,18H,8H2,1H3,(H,17,19). The number of anilines is 1. The zero-order valence-corrected chi connectivity index (χ0v) is 11.9. The Morgan fingerprint density at radius 3 is 2.84 bits per heavy atom. The summed E-state index contributed by atoms with van der Waals surface area (Å²) in [6.45, 7) is 1.85. The van der Waals surface area contributed by atoms with Crippen molar-refractivity contribution in [2.24, 2.45) is 0 Å². The normalized spacial score (nSPS) is 10.3. The summed E-state index contributed by atoms with van der Waals surface area (Å²) in [4.78, 5) is 16.1. The zero-order valence-electron chi connectivity index (χ0n) is 10.4. The summed E-state index contributed by atoms with van der Waals surface area (Å²) in [6, 6.07) is 8.76. The zero-order chi connectivity index (χ0) is 13.8. The van der Waals surface area contributed by atoms with Crippen molar-refractivity contribution in [2.45, 2.75) is 13.5 Å². The van der Waals surface area contributed by atoms with Gasteiger partial charge >= 0.3 is 0 Å². The fourth-order valence-corrected chi connectivity index (χ4v) is 2.01. The van der Waals surface area contributed by atoms with Gasteiger partial charge < -0.3 is 10.4 Å². The average Bonchev–Trinajstić information content (AvgIpc) is 2.41. The number of pyridine rings is 1. The lowest BCUT2D eigenvalue weighted by molar-refractivity contribution is 0.102. The van der Waals surface area contributed by atoms with Gasteiger partial charge in [0.15, 0.2) is 0 Å². The predicted molar refractivity (Wildman–Crippen MR) is 77.0 cm³/mol. The van der Waals surface area contributed by atoms with Crippen molar-refractivity contribution in [3.05, 3.63) is 57.8 Å². The highest BCUT2D eigenvalue weighted by atomic mass is 79.9. The molecule has 5 heteroatoms. The number of nitrogens with one attached hydrogen (secondary N) is 1. The molecule has 0 spiro atoms. The summed E-state index contributed by atoms with van der Waals surface area (Å²) >= 11 is 3.23. The number of hydrogen-bond donors (Lipinski definition) is 2. The molecule has 0 atom stereocenters. The summed E-state index contributed by atoms with van der Waals surface area (Å²) in [5.74, 6) is -0.207. The number of benzene rings is 1. The maximum absolute atomic E-state index is 12.1. The Balaban J connectivity index is 2.23. The third-order valence-corrected chi connectivity index (χ3v) is 3.16. The lowest BCUT2D eigenvalue weighted by atomic mass is 10.1. The Bertz CT molecular complexity index is 614. The van der Waals surface area contributed by atoms with Crippen LogP contribution in [-0.2, 0) is 6.61 Å². The molecule has 0 unspecified atom stereocenters. The Morgan fingerprint density at radius 2 is 2.16 bits per heavy atom. The second-order valence-electron chi connectivity index (χ2n) is 4.13. The highest BCUT2D eigenvalue weighted by molar-refractivity contribution is 9.10. The molecule has 98 valence electrons. The van der Waals surface area contributed by atoms with Crippen LogP contribution in [0.3, 0.4) is 0 Å². The van der Waals surface area contributed by atoms with E-state index in [1.54, 1.807) is 24.4 Å². The Kier molecular flexibility index (Phi) is 4.29. The van der Waals surface area contributed by atoms with E-state index in [4.69, 9.17) is 5.11 Å². The minimum absolute atomic E-state index is 0.0516. The molecule has 0 aliphatic heterocycles. The summed E-state index contributed by atoms with van der Waals surface area (Å²) in [7, 11) is 0. The van der Waals surface area contributed by atoms with Gasteiger partial charge in [-0.25, -0.2) is 4.98 Å². The van der Waals surface area contributed by atoms with E-state index in [1.165, 1.54) is 0 Å². The van der Waals surface area contributed by atoms with Crippen LogP contribution in [0.5, 0.6) is 0 Å². The van der Waals surface area contributed by atoms with E-state index in [-0.39, 0.29) is 12.5 Å². The van der Waals surface area contributed by atoms with Crippen molar-refractivity contribution in [1.29, 1.82) is 0 Å². The summed E-state index contributed by atoms with van der Waals surface area (Å²) in [5, 5.41) is 11.9. The molecule has 0 aliphatic carbocycles. The molecule has 2 N–H and O–H groups in total. The van der Waals surface area contributed by atoms with Gasteiger partial charge in [0.2, 0.25) is 0 Å². The number of hydrogen-bond acceptors (Lipinski definition) is 3. The first-order chi connectivity index (χ1) is 9.10. The number of aliphatic hydroxyl groups excluding tert-OH is 1. The molecular weight excluding hydrogens is 308 g/mol. The number of amides is 1. The lowest BCUT2D eigenvalue weighted by Gasteiger charge is -2.10. The fourth-order valence-electron chi connectivity index (χ4n) is 1.64. The highest BCUT2D eigenvalue weighted by Gasteiger charge is 2.09. The van der Waals surface area contributed by atoms with Crippen molar-refractivity contribution in [3.8, 4) is 0 Å². The largest absolute Gasteiger partial charge is 0.392 e. The molecule has 2 aromatic rings. The number of rotatable bonds is 3. The molecule has 0 radical (unpaired) electrons. The monoisotopic (exact) mass is 320 g/mol. The molecule has 2 rings (SSSR count). The maximum Gasteiger partial charge on any atom is 0.255 e. The van der Waals surface area contributed by atoms with Crippen molar-refractivity contribution >= 4 is 27.5 Å². The number of aromatic nitrogens is 1. The summed E-state index contributed by atoms with van der Waals surface area (Å²) in [6.07, 6.45) is 1.57. The Labute approximate surface area is 119 Å². The minimum atomic E-state index is -0.207. The van der Waals surface area contributed by atoms with Crippen molar-refractivity contribution in [1.82, 2.24) is 4.98 Å². The van der Waals surface area contributed by atoms with Gasteiger partial charge in [0, 0.05) is 17.4 Å². The van der Waals surface area contributed by atoms with E-state index < -0.39 is 0 Å². The minimum Gasteiger partial charge on any atom is -0.392 e. The molecule has 0 saturated heterocycles. The van der Waals surface area contributed by atoms with Gasteiger partial charge in [-0.3, -0.25) is 4.79 Å². The number of aryl methyl sites for hydroxylation is 1. The van der Waals surface area contributed by atoms with Crippen LogP contribution in [0.4, 0.5) is 5.69 Å². The van der Waals surface area contributed by atoms with Crippen molar-refractivity contribution in [3.63, 3.8) is 0 Å². The van der Waals surface area contributed by atoms with Gasteiger partial charge in [-0.1, -0.05) is 12.1 Å². The lowest BCUT2D eigenvalue weighted by Crippen LogP contribution is -2.13.